The Morgan fingerprint density at radius 2 is 2.00 bits per heavy atom. The normalized spacial score (nSPS) is 11.7. The maximum atomic E-state index is 12.5. The molecule has 0 saturated heterocycles. The third-order valence-electron chi connectivity index (χ3n) is 3.57. The molecule has 1 aromatic carbocycles. The van der Waals surface area contributed by atoms with Crippen LogP contribution >= 0.6 is 11.6 Å². The first-order valence-electron chi connectivity index (χ1n) is 7.69. The van der Waals surface area contributed by atoms with Crippen molar-refractivity contribution in [2.75, 3.05) is 5.43 Å². The second kappa shape index (κ2) is 7.73. The Labute approximate surface area is 161 Å². The maximum Gasteiger partial charge on any atom is 0.417 e. The Balaban J connectivity index is 1.69. The van der Waals surface area contributed by atoms with E-state index in [1.54, 1.807) is 18.2 Å². The van der Waals surface area contributed by atoms with E-state index in [0.717, 1.165) is 12.1 Å². The molecule has 0 amide bonds. The van der Waals surface area contributed by atoms with Gasteiger partial charge in [0.1, 0.15) is 17.3 Å². The lowest BCUT2D eigenvalue weighted by atomic mass is 10.1. The highest BCUT2D eigenvalue weighted by Crippen LogP contribution is 2.29. The summed E-state index contributed by atoms with van der Waals surface area (Å²) in [4.78, 5) is 14.8. The van der Waals surface area contributed by atoms with E-state index in [-0.39, 0.29) is 16.4 Å². The van der Waals surface area contributed by atoms with Crippen molar-refractivity contribution in [3.05, 3.63) is 70.6 Å². The third-order valence-corrected chi connectivity index (χ3v) is 3.90. The van der Waals surface area contributed by atoms with Crippen LogP contribution in [0.25, 0.3) is 11.3 Å². The molecule has 0 unspecified atom stereocenters. The molecule has 0 spiro atoms. The van der Waals surface area contributed by atoms with E-state index < -0.39 is 17.7 Å². The Morgan fingerprint density at radius 1 is 1.21 bits per heavy atom. The first-order valence-corrected chi connectivity index (χ1v) is 8.07. The van der Waals surface area contributed by atoms with Crippen molar-refractivity contribution in [2.45, 2.75) is 6.18 Å². The molecular formula is C18H11ClF3N3O3. The van der Waals surface area contributed by atoms with Gasteiger partial charge in [-0.25, -0.2) is 9.78 Å². The van der Waals surface area contributed by atoms with Crippen LogP contribution in [0.1, 0.15) is 21.7 Å². The number of nitrogens with one attached hydrogen (secondary N) is 1. The van der Waals surface area contributed by atoms with Crippen LogP contribution in [0.5, 0.6) is 0 Å². The van der Waals surface area contributed by atoms with Gasteiger partial charge in [-0.2, -0.15) is 18.3 Å². The average molecular weight is 410 g/mol. The number of alkyl halides is 3. The van der Waals surface area contributed by atoms with Crippen LogP contribution in [0, 0.1) is 0 Å². The number of rotatable bonds is 5. The van der Waals surface area contributed by atoms with Crippen molar-refractivity contribution >= 4 is 29.6 Å². The second-order valence-electron chi connectivity index (χ2n) is 5.50. The van der Waals surface area contributed by atoms with Crippen LogP contribution in [0.2, 0.25) is 5.02 Å². The lowest BCUT2D eigenvalue weighted by Crippen LogP contribution is -2.05. The van der Waals surface area contributed by atoms with Gasteiger partial charge in [-0.15, -0.1) is 0 Å². The summed E-state index contributed by atoms with van der Waals surface area (Å²) >= 11 is 5.84. The predicted molar refractivity (Wildman–Crippen MR) is 96.6 cm³/mol. The molecule has 3 rings (SSSR count). The zero-order valence-electron chi connectivity index (χ0n) is 13.9. The molecule has 0 atom stereocenters. The van der Waals surface area contributed by atoms with E-state index in [1.165, 1.54) is 18.3 Å². The van der Waals surface area contributed by atoms with E-state index in [0.29, 0.717) is 23.3 Å². The van der Waals surface area contributed by atoms with E-state index in [9.17, 15) is 18.0 Å². The number of carbonyl (C=O) groups is 1. The molecule has 144 valence electrons. The molecule has 10 heteroatoms. The molecule has 3 aromatic rings. The van der Waals surface area contributed by atoms with E-state index in [4.69, 9.17) is 21.1 Å². The number of hydrogen-bond donors (Lipinski definition) is 2. The van der Waals surface area contributed by atoms with Crippen molar-refractivity contribution in [1.82, 2.24) is 4.98 Å². The largest absolute Gasteiger partial charge is 0.478 e. The molecule has 28 heavy (non-hydrogen) atoms. The molecule has 0 aliphatic heterocycles. The zero-order chi connectivity index (χ0) is 20.3. The van der Waals surface area contributed by atoms with Gasteiger partial charge in [-0.05, 0) is 42.5 Å². The van der Waals surface area contributed by atoms with Crippen LogP contribution in [-0.4, -0.2) is 22.3 Å². The fourth-order valence-corrected chi connectivity index (χ4v) is 2.41. The molecule has 6 nitrogen and oxygen atoms in total. The monoisotopic (exact) mass is 409 g/mol. The lowest BCUT2D eigenvalue weighted by Gasteiger charge is -2.06. The fourth-order valence-electron chi connectivity index (χ4n) is 2.21. The number of aromatic carboxylic acids is 1. The van der Waals surface area contributed by atoms with Crippen LogP contribution in [0.15, 0.2) is 58.2 Å². The minimum absolute atomic E-state index is 0.0548. The number of pyridine rings is 1. The summed E-state index contributed by atoms with van der Waals surface area (Å²) in [5.41, 5.74) is 2.09. The summed E-state index contributed by atoms with van der Waals surface area (Å²) < 4.78 is 43.0. The van der Waals surface area contributed by atoms with E-state index in [1.807, 2.05) is 0 Å². The van der Waals surface area contributed by atoms with Gasteiger partial charge in [0.25, 0.3) is 0 Å². The molecule has 0 aliphatic carbocycles. The quantitative estimate of drug-likeness (QED) is 0.449. The first kappa shape index (κ1) is 19.4. The first-order chi connectivity index (χ1) is 13.2. The standard InChI is InChI=1S/C18H11ClF3N3O3/c19-14-4-1-10(7-13(14)17(26)27)15-5-3-12(28-15)9-24-25-16-6-2-11(8-23-16)18(20,21)22/h1-9H,(H,23,25)(H,26,27)/b24-9+. The summed E-state index contributed by atoms with van der Waals surface area (Å²) in [6.45, 7) is 0. The molecule has 0 saturated carbocycles. The number of aromatic nitrogens is 1. The molecule has 0 fully saturated rings. The number of benzene rings is 1. The highest BCUT2D eigenvalue weighted by molar-refractivity contribution is 6.33. The van der Waals surface area contributed by atoms with Crippen LogP contribution in [0.3, 0.4) is 0 Å². The molecular weight excluding hydrogens is 399 g/mol. The molecule has 0 bridgehead atoms. The minimum Gasteiger partial charge on any atom is -0.478 e. The number of halogens is 4. The Hall–Kier alpha value is -3.33. The summed E-state index contributed by atoms with van der Waals surface area (Å²) in [6, 6.07) is 9.69. The Kier molecular flexibility index (Phi) is 5.36. The topological polar surface area (TPSA) is 87.7 Å². The molecule has 2 N–H and O–H groups in total. The minimum atomic E-state index is -4.46. The smallest absolute Gasteiger partial charge is 0.417 e. The summed E-state index contributed by atoms with van der Waals surface area (Å²) in [5, 5.41) is 13.1. The summed E-state index contributed by atoms with van der Waals surface area (Å²) in [7, 11) is 0. The Morgan fingerprint density at radius 3 is 2.64 bits per heavy atom. The fraction of sp³-hybridized carbons (Fsp3) is 0.0556. The van der Waals surface area contributed by atoms with Gasteiger partial charge < -0.3 is 9.52 Å². The number of hydrazone groups is 1. The number of furan rings is 1. The lowest BCUT2D eigenvalue weighted by molar-refractivity contribution is -0.137. The SMILES string of the molecule is O=C(O)c1cc(-c2ccc(/C=N/Nc3ccc(C(F)(F)F)cn3)o2)ccc1Cl. The van der Waals surface area contributed by atoms with Gasteiger partial charge in [-0.1, -0.05) is 11.6 Å². The summed E-state index contributed by atoms with van der Waals surface area (Å²) in [6.07, 6.45) is -2.46. The van der Waals surface area contributed by atoms with Gasteiger partial charge in [0.2, 0.25) is 0 Å². The zero-order valence-corrected chi connectivity index (χ0v) is 14.6. The molecule has 2 aromatic heterocycles. The predicted octanol–water partition coefficient (Wildman–Crippen LogP) is 5.16. The number of anilines is 1. The number of hydrogen-bond acceptors (Lipinski definition) is 5. The number of carboxylic acid groups (broad SMARTS) is 1. The second-order valence-corrected chi connectivity index (χ2v) is 5.91. The average Bonchev–Trinajstić information content (AvgIpc) is 3.10. The van der Waals surface area contributed by atoms with Crippen molar-refractivity contribution in [1.29, 1.82) is 0 Å². The van der Waals surface area contributed by atoms with E-state index >= 15 is 0 Å². The van der Waals surface area contributed by atoms with Gasteiger partial charge in [0.05, 0.1) is 22.4 Å². The van der Waals surface area contributed by atoms with Crippen molar-refractivity contribution in [2.24, 2.45) is 5.10 Å². The Bertz CT molecular complexity index is 1030. The van der Waals surface area contributed by atoms with Crippen LogP contribution < -0.4 is 5.43 Å². The maximum absolute atomic E-state index is 12.5. The van der Waals surface area contributed by atoms with Crippen molar-refractivity contribution < 1.29 is 27.5 Å². The summed E-state index contributed by atoms with van der Waals surface area (Å²) in [5.74, 6) is -0.303. The van der Waals surface area contributed by atoms with Crippen LogP contribution in [0.4, 0.5) is 19.0 Å². The van der Waals surface area contributed by atoms with E-state index in [2.05, 4.69) is 15.5 Å². The highest BCUT2D eigenvalue weighted by atomic mass is 35.5. The molecule has 0 radical (unpaired) electrons. The van der Waals surface area contributed by atoms with Gasteiger partial charge in [-0.3, -0.25) is 5.43 Å². The van der Waals surface area contributed by atoms with Crippen molar-refractivity contribution in [3.63, 3.8) is 0 Å². The van der Waals surface area contributed by atoms with Crippen LogP contribution in [-0.2, 0) is 6.18 Å². The molecule has 2 heterocycles. The number of nitrogens with zero attached hydrogens (tertiary/aromatic N) is 2. The van der Waals surface area contributed by atoms with Crippen molar-refractivity contribution in [3.8, 4) is 11.3 Å². The highest BCUT2D eigenvalue weighted by Gasteiger charge is 2.30. The van der Waals surface area contributed by atoms with Gasteiger partial charge in [0, 0.05) is 11.8 Å². The third kappa shape index (κ3) is 4.49. The van der Waals surface area contributed by atoms with Gasteiger partial charge in [0.15, 0.2) is 0 Å². The number of carboxylic acids is 1. The molecule has 0 aliphatic rings. The van der Waals surface area contributed by atoms with Gasteiger partial charge >= 0.3 is 12.1 Å².